The molecule has 19 heavy (non-hydrogen) atoms. The van der Waals surface area contributed by atoms with Crippen LogP contribution in [0.1, 0.15) is 42.5 Å². The van der Waals surface area contributed by atoms with Gasteiger partial charge in [-0.3, -0.25) is 9.78 Å². The number of halogens is 1. The Kier molecular flexibility index (Phi) is 5.34. The average Bonchev–Trinajstić information content (AvgIpc) is 2.63. The van der Waals surface area contributed by atoms with Gasteiger partial charge >= 0.3 is 0 Å². The first kappa shape index (κ1) is 14.5. The number of carbonyl (C=O) groups is 1. The molecule has 0 spiro atoms. The van der Waals surface area contributed by atoms with E-state index in [-0.39, 0.29) is 24.5 Å². The first-order valence-corrected chi connectivity index (χ1v) is 7.52. The summed E-state index contributed by atoms with van der Waals surface area (Å²) in [5, 5.41) is 12.5. The quantitative estimate of drug-likeness (QED) is 0.839. The van der Waals surface area contributed by atoms with E-state index in [9.17, 15) is 9.90 Å². The summed E-state index contributed by atoms with van der Waals surface area (Å²) < 4.78 is 0.791. The number of hydrogen-bond donors (Lipinski definition) is 2. The Hall–Kier alpha value is -0.940. The van der Waals surface area contributed by atoms with Gasteiger partial charge in [0.2, 0.25) is 0 Å². The zero-order valence-electron chi connectivity index (χ0n) is 10.8. The Morgan fingerprint density at radius 3 is 2.89 bits per heavy atom. The molecule has 2 atom stereocenters. The minimum absolute atomic E-state index is 0.0685. The van der Waals surface area contributed by atoms with Gasteiger partial charge in [0.25, 0.3) is 5.91 Å². The van der Waals surface area contributed by atoms with Crippen LogP contribution in [0.15, 0.2) is 22.9 Å². The van der Waals surface area contributed by atoms with Gasteiger partial charge in [-0.2, -0.15) is 0 Å². The van der Waals surface area contributed by atoms with Gasteiger partial charge in [0.1, 0.15) is 0 Å². The van der Waals surface area contributed by atoms with Crippen LogP contribution in [0.3, 0.4) is 0 Å². The van der Waals surface area contributed by atoms with Gasteiger partial charge in [-0.15, -0.1) is 0 Å². The highest BCUT2D eigenvalue weighted by Crippen LogP contribution is 2.23. The maximum atomic E-state index is 12.2. The van der Waals surface area contributed by atoms with E-state index in [1.807, 2.05) is 0 Å². The van der Waals surface area contributed by atoms with Gasteiger partial charge in [-0.25, -0.2) is 0 Å². The van der Waals surface area contributed by atoms with Crippen molar-refractivity contribution in [2.75, 3.05) is 6.61 Å². The minimum Gasteiger partial charge on any atom is -0.396 e. The van der Waals surface area contributed by atoms with Crippen molar-refractivity contribution >= 4 is 21.8 Å². The van der Waals surface area contributed by atoms with Crippen molar-refractivity contribution in [3.05, 3.63) is 28.5 Å². The summed E-state index contributed by atoms with van der Waals surface area (Å²) in [5.74, 6) is 0.0608. The lowest BCUT2D eigenvalue weighted by Crippen LogP contribution is -2.41. The number of aromatic nitrogens is 1. The van der Waals surface area contributed by atoms with Crippen LogP contribution in [-0.4, -0.2) is 28.6 Å². The van der Waals surface area contributed by atoms with E-state index in [1.54, 1.807) is 18.5 Å². The fourth-order valence-electron chi connectivity index (χ4n) is 2.58. The maximum absolute atomic E-state index is 12.2. The number of carbonyl (C=O) groups excluding carboxylic acids is 1. The van der Waals surface area contributed by atoms with Crippen molar-refractivity contribution < 1.29 is 9.90 Å². The Morgan fingerprint density at radius 1 is 1.37 bits per heavy atom. The maximum Gasteiger partial charge on any atom is 0.253 e. The number of pyridine rings is 1. The van der Waals surface area contributed by atoms with Gasteiger partial charge in [-0.05, 0) is 34.8 Å². The molecule has 1 aromatic rings. The van der Waals surface area contributed by atoms with Crippen LogP contribution in [0.2, 0.25) is 0 Å². The van der Waals surface area contributed by atoms with Crippen molar-refractivity contribution in [3.8, 4) is 0 Å². The van der Waals surface area contributed by atoms with Gasteiger partial charge in [0, 0.05) is 35.4 Å². The van der Waals surface area contributed by atoms with Crippen molar-refractivity contribution in [3.63, 3.8) is 0 Å². The highest BCUT2D eigenvalue weighted by molar-refractivity contribution is 9.10. The van der Waals surface area contributed by atoms with Crippen molar-refractivity contribution in [2.45, 2.75) is 38.1 Å². The second-order valence-corrected chi connectivity index (χ2v) is 5.97. The van der Waals surface area contributed by atoms with Gasteiger partial charge in [0.15, 0.2) is 0 Å². The van der Waals surface area contributed by atoms with E-state index in [0.717, 1.165) is 30.2 Å². The summed E-state index contributed by atoms with van der Waals surface area (Å²) >= 11 is 3.31. The SMILES string of the molecule is O=C(N[C@H]1CCCCC[C@@H]1CO)c1cncc(Br)c1. The molecule has 0 unspecified atom stereocenters. The van der Waals surface area contributed by atoms with Crippen molar-refractivity contribution in [1.82, 2.24) is 10.3 Å². The number of nitrogens with zero attached hydrogens (tertiary/aromatic N) is 1. The molecule has 2 N–H and O–H groups in total. The molecule has 1 fully saturated rings. The van der Waals surface area contributed by atoms with Crippen LogP contribution in [0.4, 0.5) is 0 Å². The zero-order valence-corrected chi connectivity index (χ0v) is 12.4. The second-order valence-electron chi connectivity index (χ2n) is 5.05. The van der Waals surface area contributed by atoms with E-state index in [2.05, 4.69) is 26.2 Å². The van der Waals surface area contributed by atoms with E-state index in [4.69, 9.17) is 0 Å². The number of amides is 1. The van der Waals surface area contributed by atoms with Gasteiger partial charge < -0.3 is 10.4 Å². The molecule has 0 bridgehead atoms. The van der Waals surface area contributed by atoms with Gasteiger partial charge in [0.05, 0.1) is 5.56 Å². The summed E-state index contributed by atoms with van der Waals surface area (Å²) in [6.45, 7) is 0.141. The van der Waals surface area contributed by atoms with Crippen LogP contribution in [-0.2, 0) is 0 Å². The average molecular weight is 327 g/mol. The predicted molar refractivity (Wildman–Crippen MR) is 76.9 cm³/mol. The summed E-state index contributed by atoms with van der Waals surface area (Å²) in [4.78, 5) is 16.2. The normalized spacial score (nSPS) is 23.7. The van der Waals surface area contributed by atoms with E-state index < -0.39 is 0 Å². The first-order chi connectivity index (χ1) is 9.20. The van der Waals surface area contributed by atoms with Crippen LogP contribution in [0.25, 0.3) is 0 Å². The molecule has 0 saturated heterocycles. The lowest BCUT2D eigenvalue weighted by atomic mass is 9.95. The zero-order chi connectivity index (χ0) is 13.7. The molecule has 1 amide bonds. The summed E-state index contributed by atoms with van der Waals surface area (Å²) in [7, 11) is 0. The molecule has 0 radical (unpaired) electrons. The molecule has 1 aromatic heterocycles. The lowest BCUT2D eigenvalue weighted by Gasteiger charge is -2.24. The molecule has 1 aliphatic rings. The first-order valence-electron chi connectivity index (χ1n) is 6.73. The molecule has 1 heterocycles. The Labute approximate surface area is 121 Å². The fraction of sp³-hybridized carbons (Fsp3) is 0.571. The fourth-order valence-corrected chi connectivity index (χ4v) is 2.95. The molecular weight excluding hydrogens is 308 g/mol. The van der Waals surface area contributed by atoms with Crippen LogP contribution in [0.5, 0.6) is 0 Å². The Bertz CT molecular complexity index is 439. The second kappa shape index (κ2) is 7.01. The third-order valence-corrected chi connectivity index (χ3v) is 4.11. The van der Waals surface area contributed by atoms with E-state index in [0.29, 0.717) is 5.56 Å². The number of aliphatic hydroxyl groups is 1. The number of hydrogen-bond acceptors (Lipinski definition) is 3. The largest absolute Gasteiger partial charge is 0.396 e. The molecule has 2 rings (SSSR count). The number of rotatable bonds is 3. The number of nitrogens with one attached hydrogen (secondary N) is 1. The topological polar surface area (TPSA) is 62.2 Å². The molecule has 1 saturated carbocycles. The van der Waals surface area contributed by atoms with Gasteiger partial charge in [-0.1, -0.05) is 19.3 Å². The predicted octanol–water partition coefficient (Wildman–Crippen LogP) is 2.52. The monoisotopic (exact) mass is 326 g/mol. The molecule has 1 aliphatic carbocycles. The summed E-state index contributed by atoms with van der Waals surface area (Å²) in [6.07, 6.45) is 8.57. The highest BCUT2D eigenvalue weighted by atomic mass is 79.9. The highest BCUT2D eigenvalue weighted by Gasteiger charge is 2.24. The number of aliphatic hydroxyl groups excluding tert-OH is 1. The van der Waals surface area contributed by atoms with Crippen molar-refractivity contribution in [1.29, 1.82) is 0 Å². The van der Waals surface area contributed by atoms with E-state index >= 15 is 0 Å². The summed E-state index contributed by atoms with van der Waals surface area (Å²) in [5.41, 5.74) is 0.551. The Morgan fingerprint density at radius 2 is 2.16 bits per heavy atom. The molecule has 5 heteroatoms. The minimum atomic E-state index is -0.112. The van der Waals surface area contributed by atoms with Crippen molar-refractivity contribution in [2.24, 2.45) is 5.92 Å². The standard InChI is InChI=1S/C14H19BrN2O2/c15-12-6-11(7-16-8-12)14(19)17-13-5-3-1-2-4-10(13)9-18/h6-8,10,13,18H,1-5,9H2,(H,17,19)/t10-,13+/m1/s1. The molecular formula is C14H19BrN2O2. The van der Waals surface area contributed by atoms with E-state index in [1.165, 1.54) is 6.42 Å². The van der Waals surface area contributed by atoms with Crippen LogP contribution < -0.4 is 5.32 Å². The third kappa shape index (κ3) is 4.01. The molecule has 104 valence electrons. The smallest absolute Gasteiger partial charge is 0.253 e. The third-order valence-electron chi connectivity index (χ3n) is 3.68. The molecule has 4 nitrogen and oxygen atoms in total. The van der Waals surface area contributed by atoms with Crippen LogP contribution >= 0.6 is 15.9 Å². The Balaban J connectivity index is 2.04. The molecule has 0 aromatic carbocycles. The molecule has 0 aliphatic heterocycles. The summed E-state index contributed by atoms with van der Waals surface area (Å²) in [6, 6.07) is 1.83. The lowest BCUT2D eigenvalue weighted by molar-refractivity contribution is 0.0899. The van der Waals surface area contributed by atoms with Crippen LogP contribution in [0, 0.1) is 5.92 Å².